The first-order chi connectivity index (χ1) is 20.9. The second-order valence-corrected chi connectivity index (χ2v) is 11.6. The van der Waals surface area contributed by atoms with Gasteiger partial charge in [0.1, 0.15) is 0 Å². The molecule has 5 rings (SSSR count). The Balaban J connectivity index is 0.000000202. The van der Waals surface area contributed by atoms with Crippen LogP contribution in [0.2, 0.25) is 0 Å². The molecular weight excluding hydrogens is 548 g/mol. The molecule has 1 aromatic heterocycles. The van der Waals surface area contributed by atoms with Gasteiger partial charge < -0.3 is 9.80 Å². The van der Waals surface area contributed by atoms with Crippen LogP contribution in [0, 0.1) is 0 Å². The van der Waals surface area contributed by atoms with Crippen molar-refractivity contribution in [1.82, 2.24) is 0 Å². The Morgan fingerprint density at radius 2 is 1.14 bits per heavy atom. The van der Waals surface area contributed by atoms with Crippen molar-refractivity contribution in [3.8, 4) is 0 Å². The Kier molecular flexibility index (Phi) is 11.1. The summed E-state index contributed by atoms with van der Waals surface area (Å²) in [6.45, 7) is 16.7. The first-order valence-electron chi connectivity index (χ1n) is 15.6. The quantitative estimate of drug-likeness (QED) is 0.120. The Labute approximate surface area is 260 Å². The maximum Gasteiger partial charge on any atom is 0.195 e. The number of fused-ring (bicyclic) bond motifs is 2. The second kappa shape index (κ2) is 15.0. The van der Waals surface area contributed by atoms with Gasteiger partial charge in [0.2, 0.25) is 0 Å². The molecule has 0 amide bonds. The lowest BCUT2D eigenvalue weighted by Crippen LogP contribution is -2.22. The molecule has 4 aromatic carbocycles. The zero-order chi connectivity index (χ0) is 30.9. The Morgan fingerprint density at radius 3 is 1.60 bits per heavy atom. The van der Waals surface area contributed by atoms with E-state index in [2.05, 4.69) is 63.5 Å². The lowest BCUT2D eigenvalue weighted by atomic mass is 10.0. The number of hydrogen-bond donors (Lipinski definition) is 0. The Morgan fingerprint density at radius 1 is 0.628 bits per heavy atom. The van der Waals surface area contributed by atoms with Crippen LogP contribution in [-0.2, 0) is 12.8 Å². The van der Waals surface area contributed by atoms with Crippen LogP contribution in [0.4, 0.5) is 11.4 Å². The molecule has 0 radical (unpaired) electrons. The van der Waals surface area contributed by atoms with E-state index < -0.39 is 0 Å². The molecule has 0 aliphatic rings. The predicted octanol–water partition coefficient (Wildman–Crippen LogP) is 9.15. The molecule has 0 bridgehead atoms. The van der Waals surface area contributed by atoms with E-state index in [4.69, 9.17) is 0 Å². The third kappa shape index (κ3) is 7.17. The number of benzene rings is 4. The van der Waals surface area contributed by atoms with Crippen LogP contribution in [0.5, 0.6) is 0 Å². The van der Waals surface area contributed by atoms with E-state index in [1.807, 2.05) is 72.8 Å². The number of hydrogen-bond acceptors (Lipinski definition) is 5. The maximum atomic E-state index is 12.7. The zero-order valence-corrected chi connectivity index (χ0v) is 27.3. The summed E-state index contributed by atoms with van der Waals surface area (Å²) in [5.74, 6) is 0.0761. The van der Waals surface area contributed by atoms with Gasteiger partial charge >= 0.3 is 0 Å². The van der Waals surface area contributed by atoms with E-state index in [-0.39, 0.29) is 11.2 Å². The van der Waals surface area contributed by atoms with E-state index in [1.54, 1.807) is 11.3 Å². The molecule has 1 heterocycles. The zero-order valence-electron chi connectivity index (χ0n) is 26.4. The molecule has 0 saturated heterocycles. The van der Waals surface area contributed by atoms with Crippen LogP contribution in [0.25, 0.3) is 20.2 Å². The van der Waals surface area contributed by atoms with Crippen LogP contribution in [0.15, 0.2) is 89.7 Å². The standard InChI is InChI=1S/C21H28N2O.C17H16OS/c1-5-22(6-2)19-13-9-17(10-14-19)21(24)18-11-15-20(16-12-18)23(7-3)8-4;1-3-11-9-12(4-2)17-14(10-11)16(18)13-7-5-6-8-15(13)19-17/h9-16H,5-8H2,1-4H3;5-10H,3-4H2,1-2H3. The van der Waals surface area contributed by atoms with Crippen LogP contribution < -0.4 is 15.2 Å². The lowest BCUT2D eigenvalue weighted by Gasteiger charge is -2.21. The van der Waals surface area contributed by atoms with Gasteiger partial charge in [-0.2, -0.15) is 0 Å². The summed E-state index contributed by atoms with van der Waals surface area (Å²) >= 11 is 1.74. The molecule has 0 atom stereocenters. The fraction of sp³-hybridized carbons (Fsp3) is 0.316. The molecule has 4 nitrogen and oxygen atoms in total. The van der Waals surface area contributed by atoms with E-state index in [1.165, 1.54) is 11.1 Å². The molecule has 0 spiro atoms. The van der Waals surface area contributed by atoms with Crippen molar-refractivity contribution >= 4 is 48.7 Å². The summed E-state index contributed by atoms with van der Waals surface area (Å²) in [6.07, 6.45) is 1.94. The SMILES string of the molecule is CCN(CC)c1ccc(C(=O)c2ccc(N(CC)CC)cc2)cc1.CCc1cc(CC)c2sc3ccccc3c(=O)c2c1. The average Bonchev–Trinajstić information content (AvgIpc) is 3.06. The van der Waals surface area contributed by atoms with Gasteiger partial charge in [-0.15, -0.1) is 11.3 Å². The van der Waals surface area contributed by atoms with Gasteiger partial charge in [-0.3, -0.25) is 9.59 Å². The van der Waals surface area contributed by atoms with Crippen LogP contribution in [-0.4, -0.2) is 32.0 Å². The number of carbonyl (C=O) groups is 1. The second-order valence-electron chi connectivity index (χ2n) is 10.5. The predicted molar refractivity (Wildman–Crippen MR) is 188 cm³/mol. The molecule has 0 aliphatic heterocycles. The van der Waals surface area contributed by atoms with Crippen molar-refractivity contribution in [3.05, 3.63) is 117 Å². The van der Waals surface area contributed by atoms with Gasteiger partial charge in [0.15, 0.2) is 11.2 Å². The normalized spacial score (nSPS) is 10.8. The van der Waals surface area contributed by atoms with Crippen molar-refractivity contribution < 1.29 is 4.79 Å². The Hall–Kier alpha value is -3.96. The molecule has 0 aliphatic carbocycles. The molecular formula is C38H44N2O2S. The van der Waals surface area contributed by atoms with Gasteiger partial charge in [-0.05, 0) is 118 Å². The number of aryl methyl sites for hydroxylation is 2. The third-order valence-electron chi connectivity index (χ3n) is 8.12. The van der Waals surface area contributed by atoms with Crippen molar-refractivity contribution in [3.63, 3.8) is 0 Å². The molecule has 0 N–H and O–H groups in total. The van der Waals surface area contributed by atoms with E-state index >= 15 is 0 Å². The highest BCUT2D eigenvalue weighted by atomic mass is 32.1. The first-order valence-corrected chi connectivity index (χ1v) is 16.4. The monoisotopic (exact) mass is 592 g/mol. The van der Waals surface area contributed by atoms with Gasteiger partial charge in [-0.1, -0.05) is 32.0 Å². The molecule has 0 fully saturated rings. The highest BCUT2D eigenvalue weighted by molar-refractivity contribution is 7.24. The summed E-state index contributed by atoms with van der Waals surface area (Å²) in [7, 11) is 0. The minimum atomic E-state index is 0.0761. The van der Waals surface area contributed by atoms with Crippen molar-refractivity contribution in [2.45, 2.75) is 54.4 Å². The molecule has 0 unspecified atom stereocenters. The number of ketones is 1. The van der Waals surface area contributed by atoms with Gasteiger partial charge in [0.25, 0.3) is 0 Å². The van der Waals surface area contributed by atoms with E-state index in [0.29, 0.717) is 0 Å². The average molecular weight is 593 g/mol. The van der Waals surface area contributed by atoms with Crippen molar-refractivity contribution in [2.24, 2.45) is 0 Å². The summed E-state index contributed by atoms with van der Waals surface area (Å²) in [5, 5.41) is 1.73. The number of anilines is 2. The van der Waals surface area contributed by atoms with E-state index in [0.717, 1.165) is 81.7 Å². The largest absolute Gasteiger partial charge is 0.372 e. The van der Waals surface area contributed by atoms with Crippen LogP contribution >= 0.6 is 11.3 Å². The molecule has 224 valence electrons. The fourth-order valence-corrected chi connectivity index (χ4v) is 6.73. The smallest absolute Gasteiger partial charge is 0.195 e. The minimum absolute atomic E-state index is 0.0761. The molecule has 0 saturated carbocycles. The topological polar surface area (TPSA) is 40.6 Å². The highest BCUT2D eigenvalue weighted by Crippen LogP contribution is 2.29. The summed E-state index contributed by atoms with van der Waals surface area (Å²) in [5.41, 5.74) is 6.52. The number of nitrogens with zero attached hydrogens (tertiary/aromatic N) is 2. The Bertz CT molecular complexity index is 1660. The number of rotatable bonds is 10. The maximum absolute atomic E-state index is 12.7. The van der Waals surface area contributed by atoms with Gasteiger partial charge in [-0.25, -0.2) is 0 Å². The van der Waals surface area contributed by atoms with Crippen LogP contribution in [0.3, 0.4) is 0 Å². The number of carbonyl (C=O) groups excluding carboxylic acids is 1. The summed E-state index contributed by atoms with van der Waals surface area (Å²) in [6, 6.07) is 28.0. The fourth-order valence-electron chi connectivity index (χ4n) is 5.50. The van der Waals surface area contributed by atoms with Crippen molar-refractivity contribution in [1.29, 1.82) is 0 Å². The van der Waals surface area contributed by atoms with Gasteiger partial charge in [0.05, 0.1) is 0 Å². The molecule has 5 aromatic rings. The first kappa shape index (κ1) is 32.0. The summed E-state index contributed by atoms with van der Waals surface area (Å²) < 4.78 is 2.24. The van der Waals surface area contributed by atoms with E-state index in [9.17, 15) is 9.59 Å². The van der Waals surface area contributed by atoms with Crippen LogP contribution in [0.1, 0.15) is 68.6 Å². The third-order valence-corrected chi connectivity index (χ3v) is 9.38. The van der Waals surface area contributed by atoms with Crippen molar-refractivity contribution in [2.75, 3.05) is 36.0 Å². The van der Waals surface area contributed by atoms with Gasteiger partial charge in [0, 0.05) is 68.9 Å². The molecule has 43 heavy (non-hydrogen) atoms. The minimum Gasteiger partial charge on any atom is -0.372 e. The summed E-state index contributed by atoms with van der Waals surface area (Å²) in [4.78, 5) is 29.8. The lowest BCUT2D eigenvalue weighted by molar-refractivity contribution is 0.103. The molecule has 5 heteroatoms. The highest BCUT2D eigenvalue weighted by Gasteiger charge is 2.12.